The van der Waals surface area contributed by atoms with Crippen LogP contribution in [0.5, 0.6) is 0 Å². The van der Waals surface area contributed by atoms with E-state index in [0.717, 1.165) is 5.82 Å². The lowest BCUT2D eigenvalue weighted by Crippen LogP contribution is -2.31. The molecular formula is C10H18N4O2. The third-order valence-electron chi connectivity index (χ3n) is 2.14. The quantitative estimate of drug-likeness (QED) is 0.680. The second-order valence-corrected chi connectivity index (χ2v) is 3.22. The van der Waals surface area contributed by atoms with E-state index >= 15 is 0 Å². The normalized spacial score (nSPS) is 10.2. The van der Waals surface area contributed by atoms with Crippen molar-refractivity contribution >= 4 is 11.6 Å². The van der Waals surface area contributed by atoms with Gasteiger partial charge in [-0.05, 0) is 0 Å². The van der Waals surface area contributed by atoms with Crippen molar-refractivity contribution in [2.45, 2.75) is 0 Å². The maximum atomic E-state index is 8.98. The molecule has 0 fully saturated rings. The number of rotatable bonds is 7. The molecule has 0 saturated heterocycles. The van der Waals surface area contributed by atoms with Gasteiger partial charge < -0.3 is 20.1 Å². The second kappa shape index (κ2) is 6.97. The number of methoxy groups -OCH3 is 1. The van der Waals surface area contributed by atoms with Crippen LogP contribution in [0.4, 0.5) is 11.6 Å². The molecule has 0 aromatic carbocycles. The number of aliphatic hydroxyl groups is 1. The summed E-state index contributed by atoms with van der Waals surface area (Å²) in [4.78, 5) is 10.4. The fraction of sp³-hybridized carbons (Fsp3) is 0.600. The van der Waals surface area contributed by atoms with Gasteiger partial charge in [-0.15, -0.1) is 0 Å². The van der Waals surface area contributed by atoms with Gasteiger partial charge >= 0.3 is 0 Å². The molecular weight excluding hydrogens is 208 g/mol. The summed E-state index contributed by atoms with van der Waals surface area (Å²) in [7, 11) is 3.44. The second-order valence-electron chi connectivity index (χ2n) is 3.22. The highest BCUT2D eigenvalue weighted by Crippen LogP contribution is 2.11. The highest BCUT2D eigenvalue weighted by atomic mass is 16.5. The molecule has 0 unspecified atom stereocenters. The minimum absolute atomic E-state index is 0.0785. The van der Waals surface area contributed by atoms with E-state index in [2.05, 4.69) is 15.3 Å². The largest absolute Gasteiger partial charge is 0.395 e. The number of nitrogens with one attached hydrogen (secondary N) is 1. The monoisotopic (exact) mass is 226 g/mol. The summed E-state index contributed by atoms with van der Waals surface area (Å²) < 4.78 is 5.01. The van der Waals surface area contributed by atoms with Crippen LogP contribution in [-0.4, -0.2) is 55.5 Å². The first-order valence-corrected chi connectivity index (χ1v) is 5.16. The van der Waals surface area contributed by atoms with Gasteiger partial charge in [-0.25, -0.2) is 4.98 Å². The first-order valence-electron chi connectivity index (χ1n) is 5.16. The molecule has 0 amide bonds. The Bertz CT molecular complexity index is 309. The van der Waals surface area contributed by atoms with E-state index in [1.807, 2.05) is 4.90 Å². The smallest absolute Gasteiger partial charge is 0.149 e. The van der Waals surface area contributed by atoms with Crippen molar-refractivity contribution in [2.75, 3.05) is 50.7 Å². The highest BCUT2D eigenvalue weighted by molar-refractivity contribution is 5.43. The maximum Gasteiger partial charge on any atom is 0.149 e. The molecule has 0 aliphatic carbocycles. The number of hydrogen-bond acceptors (Lipinski definition) is 6. The fourth-order valence-corrected chi connectivity index (χ4v) is 1.29. The van der Waals surface area contributed by atoms with Crippen LogP contribution in [-0.2, 0) is 4.74 Å². The molecule has 0 aliphatic rings. The number of aromatic nitrogens is 2. The predicted octanol–water partition coefficient (Wildman–Crippen LogP) is -0.0366. The van der Waals surface area contributed by atoms with Crippen LogP contribution in [0.3, 0.4) is 0 Å². The highest BCUT2D eigenvalue weighted by Gasteiger charge is 2.07. The predicted molar refractivity (Wildman–Crippen MR) is 62.8 cm³/mol. The Kier molecular flexibility index (Phi) is 5.52. The summed E-state index contributed by atoms with van der Waals surface area (Å²) in [5.41, 5.74) is 0. The zero-order valence-electron chi connectivity index (χ0n) is 9.68. The van der Waals surface area contributed by atoms with Gasteiger partial charge in [0.2, 0.25) is 0 Å². The van der Waals surface area contributed by atoms with E-state index in [1.165, 1.54) is 0 Å². The average Bonchev–Trinajstić information content (AvgIpc) is 2.34. The van der Waals surface area contributed by atoms with Crippen LogP contribution in [0.2, 0.25) is 0 Å². The molecule has 16 heavy (non-hydrogen) atoms. The van der Waals surface area contributed by atoms with E-state index in [4.69, 9.17) is 9.84 Å². The van der Waals surface area contributed by atoms with Crippen molar-refractivity contribution in [3.05, 3.63) is 12.4 Å². The molecule has 0 aliphatic heterocycles. The Labute approximate surface area is 95.3 Å². The molecule has 1 aromatic heterocycles. The lowest BCUT2D eigenvalue weighted by atomic mass is 10.4. The van der Waals surface area contributed by atoms with E-state index < -0.39 is 0 Å². The number of anilines is 2. The molecule has 90 valence electrons. The standard InChI is InChI=1S/C10H18N4O2/c1-11-9-7-12-8-10(13-9)14(3-5-15)4-6-16-2/h7-8,15H,3-6H2,1-2H3,(H,11,13). The maximum absolute atomic E-state index is 8.98. The van der Waals surface area contributed by atoms with Crippen molar-refractivity contribution in [1.29, 1.82) is 0 Å². The van der Waals surface area contributed by atoms with Crippen LogP contribution < -0.4 is 10.2 Å². The minimum atomic E-state index is 0.0785. The van der Waals surface area contributed by atoms with Crippen molar-refractivity contribution in [3.63, 3.8) is 0 Å². The van der Waals surface area contributed by atoms with Crippen molar-refractivity contribution in [2.24, 2.45) is 0 Å². The van der Waals surface area contributed by atoms with E-state index in [0.29, 0.717) is 25.5 Å². The van der Waals surface area contributed by atoms with Gasteiger partial charge in [-0.3, -0.25) is 4.98 Å². The van der Waals surface area contributed by atoms with E-state index in [1.54, 1.807) is 26.6 Å². The van der Waals surface area contributed by atoms with Gasteiger partial charge in [0.05, 0.1) is 25.6 Å². The Hall–Kier alpha value is -1.40. The van der Waals surface area contributed by atoms with E-state index in [-0.39, 0.29) is 6.61 Å². The number of aliphatic hydroxyl groups excluding tert-OH is 1. The number of nitrogens with zero attached hydrogens (tertiary/aromatic N) is 3. The summed E-state index contributed by atoms with van der Waals surface area (Å²) in [6.07, 6.45) is 3.32. The Morgan fingerprint density at radius 2 is 2.25 bits per heavy atom. The zero-order chi connectivity index (χ0) is 11.8. The molecule has 1 aromatic rings. The molecule has 1 rings (SSSR count). The third kappa shape index (κ3) is 3.63. The van der Waals surface area contributed by atoms with Crippen molar-refractivity contribution in [3.8, 4) is 0 Å². The van der Waals surface area contributed by atoms with Crippen LogP contribution in [0, 0.1) is 0 Å². The molecule has 6 heteroatoms. The van der Waals surface area contributed by atoms with Gasteiger partial charge in [-0.1, -0.05) is 0 Å². The van der Waals surface area contributed by atoms with Gasteiger partial charge in [-0.2, -0.15) is 0 Å². The first kappa shape index (κ1) is 12.7. The fourth-order valence-electron chi connectivity index (χ4n) is 1.29. The lowest BCUT2D eigenvalue weighted by Gasteiger charge is -2.22. The molecule has 1 heterocycles. The Balaban J connectivity index is 2.73. The topological polar surface area (TPSA) is 70.5 Å². The minimum Gasteiger partial charge on any atom is -0.395 e. The van der Waals surface area contributed by atoms with Crippen molar-refractivity contribution in [1.82, 2.24) is 9.97 Å². The average molecular weight is 226 g/mol. The van der Waals surface area contributed by atoms with Crippen LogP contribution in [0.25, 0.3) is 0 Å². The summed E-state index contributed by atoms with van der Waals surface area (Å²) >= 11 is 0. The van der Waals surface area contributed by atoms with Gasteiger partial charge in [0.15, 0.2) is 0 Å². The molecule has 0 bridgehead atoms. The van der Waals surface area contributed by atoms with Crippen molar-refractivity contribution < 1.29 is 9.84 Å². The number of hydrogen-bond donors (Lipinski definition) is 2. The zero-order valence-corrected chi connectivity index (χ0v) is 9.68. The molecule has 6 nitrogen and oxygen atoms in total. The lowest BCUT2D eigenvalue weighted by molar-refractivity contribution is 0.202. The molecule has 0 atom stereocenters. The summed E-state index contributed by atoms with van der Waals surface area (Å²) in [5, 5.41) is 11.9. The summed E-state index contributed by atoms with van der Waals surface area (Å²) in [6.45, 7) is 1.87. The Morgan fingerprint density at radius 3 is 2.88 bits per heavy atom. The SMILES string of the molecule is CNc1cncc(N(CCO)CCOC)n1. The number of ether oxygens (including phenoxy) is 1. The van der Waals surface area contributed by atoms with Gasteiger partial charge in [0.1, 0.15) is 11.6 Å². The summed E-state index contributed by atoms with van der Waals surface area (Å²) in [6, 6.07) is 0. The van der Waals surface area contributed by atoms with Gasteiger partial charge in [0.25, 0.3) is 0 Å². The Morgan fingerprint density at radius 1 is 1.44 bits per heavy atom. The molecule has 0 radical (unpaired) electrons. The van der Waals surface area contributed by atoms with Crippen LogP contribution in [0.15, 0.2) is 12.4 Å². The first-order chi connectivity index (χ1) is 7.81. The molecule has 0 spiro atoms. The third-order valence-corrected chi connectivity index (χ3v) is 2.14. The molecule has 2 N–H and O–H groups in total. The summed E-state index contributed by atoms with van der Waals surface area (Å²) in [5.74, 6) is 1.44. The molecule has 0 saturated carbocycles. The van der Waals surface area contributed by atoms with Gasteiger partial charge in [0, 0.05) is 27.2 Å². The van der Waals surface area contributed by atoms with Crippen LogP contribution >= 0.6 is 0 Å². The van der Waals surface area contributed by atoms with E-state index in [9.17, 15) is 0 Å². The van der Waals surface area contributed by atoms with Crippen LogP contribution in [0.1, 0.15) is 0 Å².